The zero-order chi connectivity index (χ0) is 13.5. The van der Waals surface area contributed by atoms with Crippen LogP contribution in [0.25, 0.3) is 0 Å². The van der Waals surface area contributed by atoms with E-state index in [2.05, 4.69) is 5.32 Å². The second-order valence-corrected chi connectivity index (χ2v) is 4.49. The number of ether oxygens (including phenoxy) is 1. The first-order chi connectivity index (χ1) is 8.54. The molecule has 2 amide bonds. The van der Waals surface area contributed by atoms with Crippen molar-refractivity contribution in [3.05, 3.63) is 0 Å². The standard InChI is InChI=1S/C11H20N2O5/c1-13(5-8-3-2-4-18-7-8)11(17)12-9(6-14)10(15)16/h8-9,14H,2-7H2,1H3,(H,12,17)(H,15,16)/t8?,9-/m0/s1. The summed E-state index contributed by atoms with van der Waals surface area (Å²) in [5.74, 6) is -0.966. The molecule has 0 spiro atoms. The van der Waals surface area contributed by atoms with E-state index < -0.39 is 24.6 Å². The minimum Gasteiger partial charge on any atom is -0.480 e. The number of rotatable bonds is 5. The van der Waals surface area contributed by atoms with Crippen LogP contribution in [-0.2, 0) is 9.53 Å². The normalized spacial score (nSPS) is 21.1. The summed E-state index contributed by atoms with van der Waals surface area (Å²) >= 11 is 0. The molecule has 18 heavy (non-hydrogen) atoms. The molecule has 3 N–H and O–H groups in total. The third kappa shape index (κ3) is 4.50. The van der Waals surface area contributed by atoms with Crippen molar-refractivity contribution in [3.8, 4) is 0 Å². The average Bonchev–Trinajstić information content (AvgIpc) is 2.36. The molecule has 1 fully saturated rings. The molecule has 0 aromatic carbocycles. The van der Waals surface area contributed by atoms with Crippen molar-refractivity contribution in [2.75, 3.05) is 33.4 Å². The molecule has 0 aliphatic carbocycles. The number of nitrogens with zero attached hydrogens (tertiary/aromatic N) is 1. The average molecular weight is 260 g/mol. The molecule has 1 unspecified atom stereocenters. The van der Waals surface area contributed by atoms with Gasteiger partial charge < -0.3 is 25.2 Å². The van der Waals surface area contributed by atoms with Gasteiger partial charge in [0.25, 0.3) is 0 Å². The second kappa shape index (κ2) is 7.17. The van der Waals surface area contributed by atoms with E-state index in [0.29, 0.717) is 13.2 Å². The predicted octanol–water partition coefficient (Wildman–Crippen LogP) is -0.500. The van der Waals surface area contributed by atoms with Crippen molar-refractivity contribution in [2.45, 2.75) is 18.9 Å². The molecular weight excluding hydrogens is 240 g/mol. The Balaban J connectivity index is 2.37. The van der Waals surface area contributed by atoms with Gasteiger partial charge in [-0.05, 0) is 12.8 Å². The maximum Gasteiger partial charge on any atom is 0.328 e. The van der Waals surface area contributed by atoms with E-state index in [1.54, 1.807) is 7.05 Å². The van der Waals surface area contributed by atoms with E-state index in [1.807, 2.05) is 0 Å². The summed E-state index contributed by atoms with van der Waals surface area (Å²) in [7, 11) is 1.60. The Bertz CT molecular complexity index is 291. The zero-order valence-corrected chi connectivity index (χ0v) is 10.5. The number of hydrogen-bond acceptors (Lipinski definition) is 4. The minimum atomic E-state index is -1.26. The molecule has 1 aliphatic rings. The summed E-state index contributed by atoms with van der Waals surface area (Å²) in [6, 6.07) is -1.76. The van der Waals surface area contributed by atoms with E-state index in [0.717, 1.165) is 19.4 Å². The van der Waals surface area contributed by atoms with Crippen LogP contribution in [0.3, 0.4) is 0 Å². The molecule has 0 bridgehead atoms. The van der Waals surface area contributed by atoms with Gasteiger partial charge in [0, 0.05) is 26.1 Å². The maximum atomic E-state index is 11.7. The molecule has 0 aromatic heterocycles. The third-order valence-electron chi connectivity index (χ3n) is 2.91. The number of amides is 2. The van der Waals surface area contributed by atoms with E-state index in [1.165, 1.54) is 4.90 Å². The molecule has 1 rings (SSSR count). The Morgan fingerprint density at radius 2 is 2.28 bits per heavy atom. The summed E-state index contributed by atoms with van der Waals surface area (Å²) in [5, 5.41) is 19.8. The summed E-state index contributed by atoms with van der Waals surface area (Å²) < 4.78 is 5.31. The Hall–Kier alpha value is -1.34. The Kier molecular flexibility index (Phi) is 5.87. The molecule has 104 valence electrons. The zero-order valence-electron chi connectivity index (χ0n) is 10.5. The number of aliphatic carboxylic acids is 1. The third-order valence-corrected chi connectivity index (χ3v) is 2.91. The van der Waals surface area contributed by atoms with Crippen molar-refractivity contribution < 1.29 is 24.5 Å². The fraction of sp³-hybridized carbons (Fsp3) is 0.818. The van der Waals surface area contributed by atoms with Crippen LogP contribution in [0.5, 0.6) is 0 Å². The van der Waals surface area contributed by atoms with Crippen molar-refractivity contribution in [2.24, 2.45) is 5.92 Å². The number of nitrogens with one attached hydrogen (secondary N) is 1. The first-order valence-electron chi connectivity index (χ1n) is 5.97. The minimum absolute atomic E-state index is 0.284. The van der Waals surface area contributed by atoms with Gasteiger partial charge in [0.05, 0.1) is 13.2 Å². The van der Waals surface area contributed by atoms with Crippen molar-refractivity contribution >= 4 is 12.0 Å². The van der Waals surface area contributed by atoms with Crippen LogP contribution in [0.2, 0.25) is 0 Å². The number of hydrogen-bond donors (Lipinski definition) is 3. The lowest BCUT2D eigenvalue weighted by molar-refractivity contribution is -0.140. The highest BCUT2D eigenvalue weighted by molar-refractivity contribution is 5.82. The van der Waals surface area contributed by atoms with Gasteiger partial charge >= 0.3 is 12.0 Å². The number of aliphatic hydroxyl groups excluding tert-OH is 1. The van der Waals surface area contributed by atoms with Crippen LogP contribution in [0, 0.1) is 5.92 Å². The molecule has 0 radical (unpaired) electrons. The maximum absolute atomic E-state index is 11.7. The number of carboxylic acid groups (broad SMARTS) is 1. The molecule has 2 atom stereocenters. The largest absolute Gasteiger partial charge is 0.480 e. The lowest BCUT2D eigenvalue weighted by atomic mass is 10.0. The quantitative estimate of drug-likeness (QED) is 0.619. The number of carbonyl (C=O) groups excluding carboxylic acids is 1. The summed E-state index contributed by atoms with van der Waals surface area (Å²) in [6.07, 6.45) is 1.98. The lowest BCUT2D eigenvalue weighted by Crippen LogP contribution is -2.49. The Morgan fingerprint density at radius 1 is 1.56 bits per heavy atom. The Morgan fingerprint density at radius 3 is 2.78 bits per heavy atom. The number of carbonyl (C=O) groups is 2. The molecule has 7 nitrogen and oxygen atoms in total. The van der Waals surface area contributed by atoms with Gasteiger partial charge in [-0.25, -0.2) is 9.59 Å². The first-order valence-corrected chi connectivity index (χ1v) is 5.97. The van der Waals surface area contributed by atoms with Crippen LogP contribution in [0.4, 0.5) is 4.79 Å². The second-order valence-electron chi connectivity index (χ2n) is 4.49. The van der Waals surface area contributed by atoms with E-state index >= 15 is 0 Å². The number of carboxylic acids is 1. The summed E-state index contributed by atoms with van der Waals surface area (Å²) in [5.41, 5.74) is 0. The van der Waals surface area contributed by atoms with Gasteiger partial charge in [0.2, 0.25) is 0 Å². The van der Waals surface area contributed by atoms with Crippen molar-refractivity contribution in [3.63, 3.8) is 0 Å². The lowest BCUT2D eigenvalue weighted by Gasteiger charge is -2.27. The molecule has 1 heterocycles. The smallest absolute Gasteiger partial charge is 0.328 e. The van der Waals surface area contributed by atoms with Gasteiger partial charge in [-0.15, -0.1) is 0 Å². The van der Waals surface area contributed by atoms with Gasteiger partial charge in [-0.1, -0.05) is 0 Å². The summed E-state index contributed by atoms with van der Waals surface area (Å²) in [4.78, 5) is 23.8. The topological polar surface area (TPSA) is 99.1 Å². The van der Waals surface area contributed by atoms with E-state index in [9.17, 15) is 9.59 Å². The highest BCUT2D eigenvalue weighted by atomic mass is 16.5. The van der Waals surface area contributed by atoms with Gasteiger partial charge in [-0.2, -0.15) is 0 Å². The van der Waals surface area contributed by atoms with Gasteiger partial charge in [0.1, 0.15) is 0 Å². The fourth-order valence-electron chi connectivity index (χ4n) is 1.87. The molecule has 1 saturated heterocycles. The van der Waals surface area contributed by atoms with Gasteiger partial charge in [-0.3, -0.25) is 0 Å². The first kappa shape index (κ1) is 14.7. The van der Waals surface area contributed by atoms with Crippen LogP contribution in [0.1, 0.15) is 12.8 Å². The van der Waals surface area contributed by atoms with Crippen LogP contribution < -0.4 is 5.32 Å². The number of aliphatic hydroxyl groups is 1. The van der Waals surface area contributed by atoms with Crippen molar-refractivity contribution in [1.29, 1.82) is 0 Å². The van der Waals surface area contributed by atoms with Crippen LogP contribution in [0.15, 0.2) is 0 Å². The van der Waals surface area contributed by atoms with Gasteiger partial charge in [0.15, 0.2) is 6.04 Å². The monoisotopic (exact) mass is 260 g/mol. The molecule has 0 saturated carbocycles. The van der Waals surface area contributed by atoms with E-state index in [4.69, 9.17) is 14.9 Å². The van der Waals surface area contributed by atoms with Crippen LogP contribution in [-0.4, -0.2) is 66.6 Å². The number of urea groups is 1. The van der Waals surface area contributed by atoms with E-state index in [-0.39, 0.29) is 5.92 Å². The molecule has 7 heteroatoms. The summed E-state index contributed by atoms with van der Waals surface area (Å²) in [6.45, 7) is 1.28. The highest BCUT2D eigenvalue weighted by Gasteiger charge is 2.23. The highest BCUT2D eigenvalue weighted by Crippen LogP contribution is 2.14. The predicted molar refractivity (Wildman–Crippen MR) is 63.2 cm³/mol. The molecule has 1 aliphatic heterocycles. The molecule has 0 aromatic rings. The van der Waals surface area contributed by atoms with Crippen molar-refractivity contribution in [1.82, 2.24) is 10.2 Å². The SMILES string of the molecule is CN(CC1CCCOC1)C(=O)N[C@@H](CO)C(=O)O. The fourth-order valence-corrected chi connectivity index (χ4v) is 1.87. The van der Waals surface area contributed by atoms with Crippen LogP contribution >= 0.6 is 0 Å². The Labute approximate surface area is 106 Å². The molecular formula is C11H20N2O5.